The van der Waals surface area contributed by atoms with Crippen LogP contribution in [0, 0.1) is 0 Å². The topological polar surface area (TPSA) is 65.7 Å². The van der Waals surface area contributed by atoms with E-state index in [2.05, 4.69) is 31.9 Å². The highest BCUT2D eigenvalue weighted by atomic mass is 79.9. The fourth-order valence-electron chi connectivity index (χ4n) is 2.89. The van der Waals surface area contributed by atoms with Crippen LogP contribution in [0.15, 0.2) is 84.9 Å². The lowest BCUT2D eigenvalue weighted by molar-refractivity contribution is -0.154. The van der Waals surface area contributed by atoms with E-state index < -0.39 is 34.7 Å². The Morgan fingerprint density at radius 2 is 1.64 bits per heavy atom. The van der Waals surface area contributed by atoms with Crippen molar-refractivity contribution in [3.8, 4) is 17.2 Å². The number of rotatable bonds is 4. The summed E-state index contributed by atoms with van der Waals surface area (Å²) < 4.78 is 57.8. The van der Waals surface area contributed by atoms with Crippen molar-refractivity contribution in [1.82, 2.24) is 0 Å². The van der Waals surface area contributed by atoms with E-state index in [4.69, 9.17) is 13.9 Å². The highest BCUT2D eigenvalue weighted by Crippen LogP contribution is 2.39. The lowest BCUT2D eigenvalue weighted by Gasteiger charge is -2.14. The van der Waals surface area contributed by atoms with Crippen molar-refractivity contribution in [3.05, 3.63) is 97.2 Å². The smallest absolute Gasteiger partial charge is 0.448 e. The molecule has 5 nitrogen and oxygen atoms in total. The average Bonchev–Trinajstić information content (AvgIpc) is 2.76. The summed E-state index contributed by atoms with van der Waals surface area (Å²) >= 11 is 6.42. The van der Waals surface area contributed by atoms with Crippen molar-refractivity contribution in [2.45, 2.75) is 6.18 Å². The number of carbonyl (C=O) groups excluding carboxylic acids is 1. The molecule has 0 saturated heterocycles. The Labute approximate surface area is 201 Å². The Morgan fingerprint density at radius 1 is 0.939 bits per heavy atom. The van der Waals surface area contributed by atoms with Gasteiger partial charge in [-0.3, -0.25) is 4.79 Å². The standard InChI is InChI=1S/C23H11Br2F3O5/c24-13-7-5-12(6-8-13)22(30)31-14-9-10-15-18(11-14)33-21(23(26,27)28)20(19(15)29)32-17-4-2-1-3-16(17)25/h1-11H. The number of hydrogen-bond acceptors (Lipinski definition) is 5. The molecule has 0 fully saturated rings. The normalized spacial score (nSPS) is 11.4. The fourth-order valence-corrected chi connectivity index (χ4v) is 3.52. The van der Waals surface area contributed by atoms with Crippen LogP contribution in [0.3, 0.4) is 0 Å². The first-order chi connectivity index (χ1) is 15.6. The van der Waals surface area contributed by atoms with Crippen LogP contribution in [-0.4, -0.2) is 5.97 Å². The van der Waals surface area contributed by atoms with E-state index >= 15 is 0 Å². The van der Waals surface area contributed by atoms with Gasteiger partial charge in [0.15, 0.2) is 0 Å². The van der Waals surface area contributed by atoms with Crippen LogP contribution in [0.25, 0.3) is 11.0 Å². The molecule has 33 heavy (non-hydrogen) atoms. The van der Waals surface area contributed by atoms with Crippen molar-refractivity contribution in [2.24, 2.45) is 0 Å². The van der Waals surface area contributed by atoms with Crippen molar-refractivity contribution in [3.63, 3.8) is 0 Å². The van der Waals surface area contributed by atoms with Crippen molar-refractivity contribution < 1.29 is 31.9 Å². The first-order valence-electron chi connectivity index (χ1n) is 9.21. The van der Waals surface area contributed by atoms with Gasteiger partial charge in [-0.2, -0.15) is 13.2 Å². The van der Waals surface area contributed by atoms with Crippen LogP contribution in [0.4, 0.5) is 13.2 Å². The Hall–Kier alpha value is -3.11. The van der Waals surface area contributed by atoms with Gasteiger partial charge in [0.25, 0.3) is 5.76 Å². The summed E-state index contributed by atoms with van der Waals surface area (Å²) in [6.07, 6.45) is -5.02. The fraction of sp³-hybridized carbons (Fsp3) is 0.0435. The number of carbonyl (C=O) groups is 1. The number of para-hydroxylation sites is 1. The van der Waals surface area contributed by atoms with E-state index in [1.54, 1.807) is 30.3 Å². The lowest BCUT2D eigenvalue weighted by Crippen LogP contribution is -2.16. The van der Waals surface area contributed by atoms with E-state index in [0.29, 0.717) is 4.47 Å². The molecular weight excluding hydrogens is 573 g/mol. The predicted molar refractivity (Wildman–Crippen MR) is 121 cm³/mol. The molecule has 0 bridgehead atoms. The molecule has 4 aromatic rings. The third-order valence-corrected chi connectivity index (χ3v) is 5.60. The highest BCUT2D eigenvalue weighted by molar-refractivity contribution is 9.10. The van der Waals surface area contributed by atoms with Crippen LogP contribution in [0.1, 0.15) is 16.1 Å². The first kappa shape index (κ1) is 23.1. The van der Waals surface area contributed by atoms with Gasteiger partial charge in [0.1, 0.15) is 17.1 Å². The number of benzene rings is 3. The second kappa shape index (κ2) is 9.03. The summed E-state index contributed by atoms with van der Waals surface area (Å²) in [6.45, 7) is 0. The zero-order chi connectivity index (χ0) is 23.8. The Kier molecular flexibility index (Phi) is 6.31. The van der Waals surface area contributed by atoms with Crippen molar-refractivity contribution in [1.29, 1.82) is 0 Å². The number of fused-ring (bicyclic) bond motifs is 1. The summed E-state index contributed by atoms with van der Waals surface area (Å²) in [5.41, 5.74) is -1.20. The number of alkyl halides is 3. The minimum absolute atomic E-state index is 0.00898. The maximum Gasteiger partial charge on any atom is 0.453 e. The van der Waals surface area contributed by atoms with E-state index in [-0.39, 0.29) is 22.4 Å². The summed E-state index contributed by atoms with van der Waals surface area (Å²) in [5.74, 6) is -3.41. The minimum atomic E-state index is -5.02. The lowest BCUT2D eigenvalue weighted by atomic mass is 10.2. The minimum Gasteiger partial charge on any atom is -0.448 e. The number of hydrogen-bond donors (Lipinski definition) is 0. The second-order valence-electron chi connectivity index (χ2n) is 6.67. The SMILES string of the molecule is O=C(Oc1ccc2c(=O)c(Oc3ccccc3Br)c(C(F)(F)F)oc2c1)c1ccc(Br)cc1. The monoisotopic (exact) mass is 582 g/mol. The second-order valence-corrected chi connectivity index (χ2v) is 8.44. The van der Waals surface area contributed by atoms with Gasteiger partial charge >= 0.3 is 12.1 Å². The molecule has 1 heterocycles. The molecule has 0 radical (unpaired) electrons. The molecule has 3 aromatic carbocycles. The first-order valence-corrected chi connectivity index (χ1v) is 10.8. The number of esters is 1. The molecule has 0 atom stereocenters. The molecule has 0 aliphatic carbocycles. The van der Waals surface area contributed by atoms with E-state index in [9.17, 15) is 22.8 Å². The molecule has 0 aliphatic heterocycles. The third-order valence-electron chi connectivity index (χ3n) is 4.42. The molecule has 0 aliphatic rings. The molecule has 0 unspecified atom stereocenters. The average molecular weight is 584 g/mol. The quantitative estimate of drug-likeness (QED) is 0.186. The molecule has 1 aromatic heterocycles. The molecule has 0 saturated carbocycles. The molecule has 0 amide bonds. The summed E-state index contributed by atoms with van der Waals surface area (Å²) in [6, 6.07) is 16.0. The van der Waals surface area contributed by atoms with Crippen LogP contribution >= 0.6 is 31.9 Å². The van der Waals surface area contributed by atoms with Gasteiger partial charge in [-0.05, 0) is 64.5 Å². The van der Waals surface area contributed by atoms with Crippen LogP contribution in [-0.2, 0) is 6.18 Å². The van der Waals surface area contributed by atoms with E-state index in [1.165, 1.54) is 30.3 Å². The van der Waals surface area contributed by atoms with Gasteiger partial charge in [-0.15, -0.1) is 0 Å². The van der Waals surface area contributed by atoms with Gasteiger partial charge < -0.3 is 13.9 Å². The van der Waals surface area contributed by atoms with Gasteiger partial charge in [0.05, 0.1) is 15.4 Å². The van der Waals surface area contributed by atoms with E-state index in [1.807, 2.05) is 0 Å². The molecule has 0 N–H and O–H groups in total. The summed E-state index contributed by atoms with van der Waals surface area (Å²) in [7, 11) is 0. The highest BCUT2D eigenvalue weighted by Gasteiger charge is 2.40. The molecule has 4 rings (SSSR count). The van der Waals surface area contributed by atoms with Gasteiger partial charge in [-0.25, -0.2) is 4.79 Å². The zero-order valence-corrected chi connectivity index (χ0v) is 19.5. The van der Waals surface area contributed by atoms with Gasteiger partial charge in [-0.1, -0.05) is 28.1 Å². The molecule has 168 valence electrons. The van der Waals surface area contributed by atoms with Crippen LogP contribution < -0.4 is 14.9 Å². The van der Waals surface area contributed by atoms with Gasteiger partial charge in [0.2, 0.25) is 11.2 Å². The molecule has 0 spiro atoms. The number of ether oxygens (including phenoxy) is 2. The number of halogens is 5. The van der Waals surface area contributed by atoms with Gasteiger partial charge in [0, 0.05) is 10.5 Å². The van der Waals surface area contributed by atoms with E-state index in [0.717, 1.165) is 10.5 Å². The Morgan fingerprint density at radius 3 is 2.30 bits per heavy atom. The third kappa shape index (κ3) is 4.96. The Balaban J connectivity index is 1.76. The Bertz CT molecular complexity index is 1410. The largest absolute Gasteiger partial charge is 0.453 e. The van der Waals surface area contributed by atoms with Crippen LogP contribution in [0.5, 0.6) is 17.2 Å². The maximum atomic E-state index is 13.7. The zero-order valence-electron chi connectivity index (χ0n) is 16.3. The molecule has 10 heteroatoms. The summed E-state index contributed by atoms with van der Waals surface area (Å²) in [4.78, 5) is 25.2. The van der Waals surface area contributed by atoms with Crippen molar-refractivity contribution in [2.75, 3.05) is 0 Å². The van der Waals surface area contributed by atoms with Crippen molar-refractivity contribution >= 4 is 48.8 Å². The summed E-state index contributed by atoms with van der Waals surface area (Å²) in [5, 5.41) is -0.173. The predicted octanol–water partition coefficient (Wildman–Crippen LogP) is 7.35. The maximum absolute atomic E-state index is 13.7. The van der Waals surface area contributed by atoms with Crippen LogP contribution in [0.2, 0.25) is 0 Å². The molecular formula is C23H11Br2F3O5.